The molecule has 5 nitrogen and oxygen atoms in total. The van der Waals surface area contributed by atoms with E-state index in [2.05, 4.69) is 15.3 Å². The summed E-state index contributed by atoms with van der Waals surface area (Å²) in [6.07, 6.45) is 1.29. The second kappa shape index (κ2) is 5.10. The molecule has 0 aliphatic carbocycles. The highest BCUT2D eigenvalue weighted by Gasteiger charge is 2.16. The van der Waals surface area contributed by atoms with Crippen LogP contribution in [0.1, 0.15) is 15.9 Å². The lowest BCUT2D eigenvalue weighted by atomic mass is 10.2. The monoisotopic (exact) mass is 302 g/mol. The van der Waals surface area contributed by atoms with Gasteiger partial charge in [-0.2, -0.15) is 0 Å². The number of pyridine rings is 1. The lowest BCUT2D eigenvalue weighted by Crippen LogP contribution is -2.15. The first-order valence-electron chi connectivity index (χ1n) is 6.13. The minimum atomic E-state index is -0.827. The van der Waals surface area contributed by atoms with Crippen LogP contribution in [-0.4, -0.2) is 15.9 Å². The summed E-state index contributed by atoms with van der Waals surface area (Å²) in [6.45, 7) is 1.98. The van der Waals surface area contributed by atoms with Crippen molar-refractivity contribution < 1.29 is 9.18 Å². The van der Waals surface area contributed by atoms with Crippen molar-refractivity contribution >= 4 is 38.4 Å². The van der Waals surface area contributed by atoms with E-state index in [1.54, 1.807) is 0 Å². The van der Waals surface area contributed by atoms with E-state index < -0.39 is 11.7 Å². The van der Waals surface area contributed by atoms with Crippen LogP contribution in [0.15, 0.2) is 30.5 Å². The smallest absolute Gasteiger partial charge is 0.260 e. The van der Waals surface area contributed by atoms with Gasteiger partial charge in [-0.15, -0.1) is 0 Å². The van der Waals surface area contributed by atoms with Crippen LogP contribution in [-0.2, 0) is 0 Å². The van der Waals surface area contributed by atoms with Gasteiger partial charge in [-0.05, 0) is 30.7 Å². The van der Waals surface area contributed by atoms with Crippen LogP contribution in [0.4, 0.5) is 15.3 Å². The number of carbonyl (C=O) groups excluding carboxylic acids is 1. The van der Waals surface area contributed by atoms with Gasteiger partial charge in [0.25, 0.3) is 5.91 Å². The number of fused-ring (bicyclic) bond motifs is 1. The summed E-state index contributed by atoms with van der Waals surface area (Å²) in [4.78, 5) is 19.9. The zero-order chi connectivity index (χ0) is 15.0. The number of nitrogens with two attached hydrogens (primary N) is 1. The number of thiazole rings is 1. The van der Waals surface area contributed by atoms with Gasteiger partial charge in [0.15, 0.2) is 16.8 Å². The summed E-state index contributed by atoms with van der Waals surface area (Å²) >= 11 is 1.33. The molecule has 0 fully saturated rings. The molecule has 0 bridgehead atoms. The molecule has 2 heterocycles. The van der Waals surface area contributed by atoms with E-state index in [1.807, 2.05) is 25.1 Å². The maximum Gasteiger partial charge on any atom is 0.260 e. The number of benzene rings is 1. The van der Waals surface area contributed by atoms with E-state index in [9.17, 15) is 9.18 Å². The Bertz CT molecular complexity index is 846. The maximum atomic E-state index is 13.7. The number of hydrogen-bond donors (Lipinski definition) is 2. The molecule has 0 aliphatic rings. The second-order valence-electron chi connectivity index (χ2n) is 4.50. The zero-order valence-corrected chi connectivity index (χ0v) is 11.9. The van der Waals surface area contributed by atoms with Crippen LogP contribution in [0.3, 0.4) is 0 Å². The number of carbonyl (C=O) groups is 1. The van der Waals surface area contributed by atoms with Gasteiger partial charge < -0.3 is 5.73 Å². The van der Waals surface area contributed by atoms with Gasteiger partial charge in [0, 0.05) is 6.20 Å². The Labute approximate surface area is 123 Å². The van der Waals surface area contributed by atoms with Crippen LogP contribution in [0.2, 0.25) is 0 Å². The predicted octanol–water partition coefficient (Wildman–Crippen LogP) is 2.97. The van der Waals surface area contributed by atoms with Gasteiger partial charge in [-0.1, -0.05) is 17.4 Å². The third-order valence-corrected chi connectivity index (χ3v) is 3.86. The molecule has 0 saturated heterocycles. The molecular weight excluding hydrogens is 291 g/mol. The molecular formula is C14H11FN4OS. The number of nitrogens with one attached hydrogen (secondary N) is 1. The van der Waals surface area contributed by atoms with E-state index in [4.69, 9.17) is 5.73 Å². The van der Waals surface area contributed by atoms with Crippen LogP contribution in [0.25, 0.3) is 10.2 Å². The standard InChI is InChI=1S/C14H11FN4OS/c1-7-2-3-9-10(6-7)21-14(18-9)19-13(20)8-4-5-17-12(16)11(8)15/h2-6H,1H3,(H2,16,17)(H,18,19,20). The number of nitrogens with zero attached hydrogens (tertiary/aromatic N) is 2. The van der Waals surface area contributed by atoms with Crippen LogP contribution < -0.4 is 11.1 Å². The third-order valence-electron chi connectivity index (χ3n) is 2.93. The van der Waals surface area contributed by atoms with Crippen LogP contribution in [0.5, 0.6) is 0 Å². The SMILES string of the molecule is Cc1ccc2nc(NC(=O)c3ccnc(N)c3F)sc2c1. The van der Waals surface area contributed by atoms with Gasteiger partial charge in [0.2, 0.25) is 0 Å². The summed E-state index contributed by atoms with van der Waals surface area (Å²) < 4.78 is 14.7. The molecule has 0 atom stereocenters. The number of halogens is 1. The van der Waals surface area contributed by atoms with Gasteiger partial charge in [0.1, 0.15) is 0 Å². The van der Waals surface area contributed by atoms with Crippen molar-refractivity contribution in [1.82, 2.24) is 9.97 Å². The number of aromatic nitrogens is 2. The van der Waals surface area contributed by atoms with Crippen molar-refractivity contribution in [2.75, 3.05) is 11.1 Å². The van der Waals surface area contributed by atoms with Crippen molar-refractivity contribution in [2.45, 2.75) is 6.92 Å². The first-order chi connectivity index (χ1) is 10.0. The summed E-state index contributed by atoms with van der Waals surface area (Å²) in [5.41, 5.74) is 7.09. The van der Waals surface area contributed by atoms with Crippen LogP contribution >= 0.6 is 11.3 Å². The predicted molar refractivity (Wildman–Crippen MR) is 80.9 cm³/mol. The highest BCUT2D eigenvalue weighted by atomic mass is 32.1. The zero-order valence-electron chi connectivity index (χ0n) is 11.1. The maximum absolute atomic E-state index is 13.7. The van der Waals surface area contributed by atoms with E-state index in [1.165, 1.54) is 23.6 Å². The Morgan fingerprint density at radius 3 is 3.00 bits per heavy atom. The summed E-state index contributed by atoms with van der Waals surface area (Å²) in [5.74, 6) is -1.73. The molecule has 3 aromatic rings. The number of anilines is 2. The van der Waals surface area contributed by atoms with Gasteiger partial charge in [0.05, 0.1) is 15.8 Å². The topological polar surface area (TPSA) is 80.9 Å². The molecule has 3 rings (SSSR count). The fraction of sp³-hybridized carbons (Fsp3) is 0.0714. The quantitative estimate of drug-likeness (QED) is 0.762. The molecule has 0 spiro atoms. The van der Waals surface area contributed by atoms with Gasteiger partial charge in [-0.25, -0.2) is 14.4 Å². The van der Waals surface area contributed by atoms with Crippen molar-refractivity contribution in [3.05, 3.63) is 47.4 Å². The normalized spacial score (nSPS) is 10.8. The van der Waals surface area contributed by atoms with E-state index in [0.29, 0.717) is 5.13 Å². The molecule has 0 unspecified atom stereocenters. The Hall–Kier alpha value is -2.54. The molecule has 1 amide bonds. The van der Waals surface area contributed by atoms with Crippen molar-refractivity contribution in [2.24, 2.45) is 0 Å². The number of amides is 1. The first-order valence-corrected chi connectivity index (χ1v) is 6.95. The highest BCUT2D eigenvalue weighted by Crippen LogP contribution is 2.27. The molecule has 3 N–H and O–H groups in total. The average molecular weight is 302 g/mol. The molecule has 1 aromatic carbocycles. The van der Waals surface area contributed by atoms with Crippen molar-refractivity contribution in [3.8, 4) is 0 Å². The summed E-state index contributed by atoms with van der Waals surface area (Å²) in [6, 6.07) is 7.07. The minimum absolute atomic E-state index is 0.155. The molecule has 0 aliphatic heterocycles. The van der Waals surface area contributed by atoms with Crippen LogP contribution in [0, 0.1) is 12.7 Å². The molecule has 106 valence electrons. The second-order valence-corrected chi connectivity index (χ2v) is 5.53. The Morgan fingerprint density at radius 1 is 1.38 bits per heavy atom. The molecule has 21 heavy (non-hydrogen) atoms. The lowest BCUT2D eigenvalue weighted by molar-refractivity contribution is 0.102. The Morgan fingerprint density at radius 2 is 2.19 bits per heavy atom. The molecule has 0 radical (unpaired) electrons. The van der Waals surface area contributed by atoms with E-state index in [-0.39, 0.29) is 11.4 Å². The number of hydrogen-bond acceptors (Lipinski definition) is 5. The number of aryl methyl sites for hydroxylation is 1. The number of rotatable bonds is 2. The number of nitrogen functional groups attached to an aromatic ring is 1. The van der Waals surface area contributed by atoms with E-state index >= 15 is 0 Å². The van der Waals surface area contributed by atoms with Gasteiger partial charge in [-0.3, -0.25) is 10.1 Å². The fourth-order valence-corrected chi connectivity index (χ4v) is 2.84. The van der Waals surface area contributed by atoms with Gasteiger partial charge >= 0.3 is 0 Å². The first kappa shape index (κ1) is 13.4. The highest BCUT2D eigenvalue weighted by molar-refractivity contribution is 7.22. The Balaban J connectivity index is 1.91. The fourth-order valence-electron chi connectivity index (χ4n) is 1.89. The molecule has 0 saturated carbocycles. The lowest BCUT2D eigenvalue weighted by Gasteiger charge is -2.03. The largest absolute Gasteiger partial charge is 0.381 e. The third kappa shape index (κ3) is 2.55. The van der Waals surface area contributed by atoms with E-state index in [0.717, 1.165) is 15.8 Å². The van der Waals surface area contributed by atoms with Crippen molar-refractivity contribution in [3.63, 3.8) is 0 Å². The Kier molecular flexibility index (Phi) is 3.26. The summed E-state index contributed by atoms with van der Waals surface area (Å²) in [7, 11) is 0. The average Bonchev–Trinajstić information content (AvgIpc) is 2.83. The molecule has 7 heteroatoms. The minimum Gasteiger partial charge on any atom is -0.381 e. The van der Waals surface area contributed by atoms with Crippen molar-refractivity contribution in [1.29, 1.82) is 0 Å². The summed E-state index contributed by atoms with van der Waals surface area (Å²) in [5, 5.41) is 2.99. The molecule has 2 aromatic heterocycles.